The zero-order valence-corrected chi connectivity index (χ0v) is 12.7. The van der Waals surface area contributed by atoms with Gasteiger partial charge in [0.25, 0.3) is 0 Å². The summed E-state index contributed by atoms with van der Waals surface area (Å²) in [5.74, 6) is 0.173. The van der Waals surface area contributed by atoms with Crippen molar-refractivity contribution in [3.05, 3.63) is 24.3 Å². The Kier molecular flexibility index (Phi) is 6.31. The Morgan fingerprint density at radius 2 is 1.95 bits per heavy atom. The van der Waals surface area contributed by atoms with Crippen molar-refractivity contribution in [1.29, 1.82) is 0 Å². The average Bonchev–Trinajstić information content (AvgIpc) is 2.37. The number of rotatable bonds is 8. The van der Waals surface area contributed by atoms with Crippen molar-refractivity contribution in [2.45, 2.75) is 38.2 Å². The number of hydrogen-bond donors (Lipinski definition) is 1. The van der Waals surface area contributed by atoms with Gasteiger partial charge in [-0.3, -0.25) is 0 Å². The highest BCUT2D eigenvalue weighted by Crippen LogP contribution is 2.22. The molecule has 0 aliphatic rings. The van der Waals surface area contributed by atoms with Crippen LogP contribution in [0.5, 0.6) is 0 Å². The number of nitrogens with one attached hydrogen (secondary N) is 1. The number of anilines is 1. The third kappa shape index (κ3) is 4.84. The minimum Gasteiger partial charge on any atom is -0.381 e. The van der Waals surface area contributed by atoms with Crippen molar-refractivity contribution in [3.63, 3.8) is 0 Å². The maximum atomic E-state index is 12.2. The molecule has 108 valence electrons. The van der Waals surface area contributed by atoms with Gasteiger partial charge < -0.3 is 10.1 Å². The standard InChI is InChI=1S/C14H23NO3S/c1-4-10-19(16,17)14-9-7-6-8-13(14)15-11-12(3)18-5-2/h6-9,12,15H,4-5,10-11H2,1-3H3. The molecule has 1 N–H and O–H groups in total. The lowest BCUT2D eigenvalue weighted by Crippen LogP contribution is -2.21. The lowest BCUT2D eigenvalue weighted by molar-refractivity contribution is 0.0855. The Hall–Kier alpha value is -1.07. The zero-order chi connectivity index (χ0) is 14.3. The van der Waals surface area contributed by atoms with Gasteiger partial charge in [0.2, 0.25) is 0 Å². The molecule has 0 heterocycles. The molecule has 1 aromatic rings. The van der Waals surface area contributed by atoms with Crippen molar-refractivity contribution in [1.82, 2.24) is 0 Å². The van der Waals surface area contributed by atoms with E-state index in [9.17, 15) is 8.42 Å². The largest absolute Gasteiger partial charge is 0.381 e. The number of benzene rings is 1. The molecular weight excluding hydrogens is 262 g/mol. The maximum absolute atomic E-state index is 12.2. The normalized spacial score (nSPS) is 13.2. The molecule has 1 rings (SSSR count). The highest BCUT2D eigenvalue weighted by Gasteiger charge is 2.17. The van der Waals surface area contributed by atoms with E-state index >= 15 is 0 Å². The summed E-state index contributed by atoms with van der Waals surface area (Å²) in [4.78, 5) is 0.376. The van der Waals surface area contributed by atoms with Crippen molar-refractivity contribution >= 4 is 15.5 Å². The predicted molar refractivity (Wildman–Crippen MR) is 78.4 cm³/mol. The molecule has 1 unspecified atom stereocenters. The fourth-order valence-electron chi connectivity index (χ4n) is 1.86. The van der Waals surface area contributed by atoms with E-state index in [0.29, 0.717) is 30.2 Å². The summed E-state index contributed by atoms with van der Waals surface area (Å²) in [7, 11) is -3.20. The van der Waals surface area contributed by atoms with E-state index in [1.807, 2.05) is 26.8 Å². The summed E-state index contributed by atoms with van der Waals surface area (Å²) in [5, 5.41) is 3.16. The number of sulfone groups is 1. The van der Waals surface area contributed by atoms with E-state index in [1.165, 1.54) is 0 Å². The molecule has 1 atom stereocenters. The molecule has 5 heteroatoms. The zero-order valence-electron chi connectivity index (χ0n) is 11.8. The molecule has 0 saturated heterocycles. The van der Waals surface area contributed by atoms with Gasteiger partial charge in [-0.15, -0.1) is 0 Å². The fraction of sp³-hybridized carbons (Fsp3) is 0.571. The molecule has 1 aromatic carbocycles. The number of hydrogen-bond acceptors (Lipinski definition) is 4. The maximum Gasteiger partial charge on any atom is 0.180 e. The first kappa shape index (κ1) is 16.0. The number of ether oxygens (including phenoxy) is 1. The van der Waals surface area contributed by atoms with Crippen molar-refractivity contribution in [2.75, 3.05) is 24.2 Å². The first-order valence-electron chi connectivity index (χ1n) is 6.68. The monoisotopic (exact) mass is 285 g/mol. The van der Waals surface area contributed by atoms with Gasteiger partial charge in [0.05, 0.1) is 22.4 Å². The third-order valence-electron chi connectivity index (χ3n) is 2.73. The Morgan fingerprint density at radius 1 is 1.26 bits per heavy atom. The molecule has 4 nitrogen and oxygen atoms in total. The average molecular weight is 285 g/mol. The van der Waals surface area contributed by atoms with Gasteiger partial charge in [-0.25, -0.2) is 8.42 Å². The summed E-state index contributed by atoms with van der Waals surface area (Å²) in [6.07, 6.45) is 0.665. The van der Waals surface area contributed by atoms with Crippen LogP contribution in [0.4, 0.5) is 5.69 Å². The van der Waals surface area contributed by atoms with E-state index in [4.69, 9.17) is 4.74 Å². The van der Waals surface area contributed by atoms with E-state index < -0.39 is 9.84 Å². The lowest BCUT2D eigenvalue weighted by Gasteiger charge is -2.16. The second-order valence-electron chi connectivity index (χ2n) is 4.46. The van der Waals surface area contributed by atoms with Crippen LogP contribution in [0.3, 0.4) is 0 Å². The van der Waals surface area contributed by atoms with E-state index in [-0.39, 0.29) is 11.9 Å². The van der Waals surface area contributed by atoms with Crippen molar-refractivity contribution < 1.29 is 13.2 Å². The molecule has 0 saturated carbocycles. The van der Waals surface area contributed by atoms with Crippen LogP contribution in [-0.4, -0.2) is 33.4 Å². The quantitative estimate of drug-likeness (QED) is 0.798. The van der Waals surface area contributed by atoms with Crippen LogP contribution >= 0.6 is 0 Å². The third-order valence-corrected chi connectivity index (χ3v) is 4.70. The van der Waals surface area contributed by atoms with E-state index in [2.05, 4.69) is 5.32 Å². The summed E-state index contributed by atoms with van der Waals surface area (Å²) in [6.45, 7) is 7.01. The van der Waals surface area contributed by atoms with Gasteiger partial charge >= 0.3 is 0 Å². The molecule has 0 bridgehead atoms. The van der Waals surface area contributed by atoms with Gasteiger partial charge in [-0.2, -0.15) is 0 Å². The van der Waals surface area contributed by atoms with Crippen LogP contribution in [0.2, 0.25) is 0 Å². The lowest BCUT2D eigenvalue weighted by atomic mass is 10.3. The van der Waals surface area contributed by atoms with Gasteiger partial charge in [0.1, 0.15) is 0 Å². The van der Waals surface area contributed by atoms with Gasteiger partial charge in [0, 0.05) is 13.2 Å². The molecule has 0 aliphatic carbocycles. The van der Waals surface area contributed by atoms with Crippen molar-refractivity contribution in [2.24, 2.45) is 0 Å². The SMILES string of the molecule is CCCS(=O)(=O)c1ccccc1NCC(C)OCC. The number of para-hydroxylation sites is 1. The van der Waals surface area contributed by atoms with Gasteiger partial charge in [-0.05, 0) is 32.4 Å². The minimum atomic E-state index is -3.20. The topological polar surface area (TPSA) is 55.4 Å². The van der Waals surface area contributed by atoms with Gasteiger partial charge in [0.15, 0.2) is 9.84 Å². The van der Waals surface area contributed by atoms with Crippen LogP contribution < -0.4 is 5.32 Å². The predicted octanol–water partition coefficient (Wildman–Crippen LogP) is 2.71. The molecule has 0 fully saturated rings. The molecule has 0 aromatic heterocycles. The molecule has 19 heavy (non-hydrogen) atoms. The highest BCUT2D eigenvalue weighted by molar-refractivity contribution is 7.91. The fourth-order valence-corrected chi connectivity index (χ4v) is 3.38. The van der Waals surface area contributed by atoms with Crippen molar-refractivity contribution in [3.8, 4) is 0 Å². The first-order chi connectivity index (χ1) is 9.01. The van der Waals surface area contributed by atoms with Crippen LogP contribution in [0.1, 0.15) is 27.2 Å². The van der Waals surface area contributed by atoms with Crippen LogP contribution in [0, 0.1) is 0 Å². The molecule has 0 spiro atoms. The van der Waals surface area contributed by atoms with Gasteiger partial charge in [-0.1, -0.05) is 19.1 Å². The molecule has 0 amide bonds. The Labute approximate surface area is 116 Å². The molecule has 0 aliphatic heterocycles. The first-order valence-corrected chi connectivity index (χ1v) is 8.33. The second kappa shape index (κ2) is 7.50. The van der Waals surface area contributed by atoms with E-state index in [0.717, 1.165) is 0 Å². The Balaban J connectivity index is 2.85. The highest BCUT2D eigenvalue weighted by atomic mass is 32.2. The van der Waals surface area contributed by atoms with Crippen LogP contribution in [-0.2, 0) is 14.6 Å². The second-order valence-corrected chi connectivity index (χ2v) is 6.54. The Morgan fingerprint density at radius 3 is 2.58 bits per heavy atom. The molecular formula is C14H23NO3S. The summed E-state index contributed by atoms with van der Waals surface area (Å²) < 4.78 is 29.7. The van der Waals surface area contributed by atoms with Crippen LogP contribution in [0.25, 0.3) is 0 Å². The smallest absolute Gasteiger partial charge is 0.180 e. The minimum absolute atomic E-state index is 0.0481. The molecule has 0 radical (unpaired) electrons. The van der Waals surface area contributed by atoms with Crippen LogP contribution in [0.15, 0.2) is 29.2 Å². The summed E-state index contributed by atoms with van der Waals surface area (Å²) in [6, 6.07) is 7.03. The Bertz CT molecular complexity index is 485. The van der Waals surface area contributed by atoms with E-state index in [1.54, 1.807) is 18.2 Å². The summed E-state index contributed by atoms with van der Waals surface area (Å²) >= 11 is 0. The summed E-state index contributed by atoms with van der Waals surface area (Å²) in [5.41, 5.74) is 0.655.